The molecule has 6 aromatic rings. The Labute approximate surface area is 256 Å². The number of benzene rings is 5. The average Bonchev–Trinajstić information content (AvgIpc) is 3.51. The number of hydrogen-bond donors (Lipinski definition) is 0. The lowest BCUT2D eigenvalue weighted by Crippen LogP contribution is -2.15. The van der Waals surface area contributed by atoms with Crippen molar-refractivity contribution < 1.29 is 0 Å². The molecule has 206 valence electrons. The molecule has 1 aromatic heterocycles. The second kappa shape index (κ2) is 9.90. The van der Waals surface area contributed by atoms with Crippen molar-refractivity contribution in [3.63, 3.8) is 0 Å². The Bertz CT molecular complexity index is 2150. The molecule has 0 amide bonds. The van der Waals surface area contributed by atoms with E-state index in [2.05, 4.69) is 134 Å². The smallest absolute Gasteiger partial charge is 0.0998 e. The summed E-state index contributed by atoms with van der Waals surface area (Å²) >= 11 is 1.90. The molecule has 0 spiro atoms. The van der Waals surface area contributed by atoms with Gasteiger partial charge in [0.25, 0.3) is 0 Å². The minimum Gasteiger partial charge on any atom is -0.309 e. The Balaban J connectivity index is 1.29. The Morgan fingerprint density at radius 3 is 2.26 bits per heavy atom. The second-order valence-corrected chi connectivity index (χ2v) is 13.0. The van der Waals surface area contributed by atoms with Gasteiger partial charge in [0.1, 0.15) is 0 Å². The van der Waals surface area contributed by atoms with Crippen LogP contribution < -0.4 is 0 Å². The molecule has 1 aliphatic carbocycles. The minimum absolute atomic E-state index is 0.00633. The zero-order valence-corrected chi connectivity index (χ0v) is 25.1. The van der Waals surface area contributed by atoms with Gasteiger partial charge in [-0.1, -0.05) is 105 Å². The van der Waals surface area contributed by atoms with Crippen LogP contribution in [0.2, 0.25) is 0 Å². The summed E-state index contributed by atoms with van der Waals surface area (Å²) in [6.07, 6.45) is 5.74. The van der Waals surface area contributed by atoms with Crippen LogP contribution in [0, 0.1) is 11.3 Å². The number of para-hydroxylation sites is 2. The predicted octanol–water partition coefficient (Wildman–Crippen LogP) is 10.3. The molecule has 3 heteroatoms. The third-order valence-electron chi connectivity index (χ3n) is 9.25. The molecule has 0 fully saturated rings. The molecule has 0 radical (unpaired) electrons. The van der Waals surface area contributed by atoms with Crippen molar-refractivity contribution in [2.45, 2.75) is 30.6 Å². The van der Waals surface area contributed by atoms with Crippen molar-refractivity contribution in [3.8, 4) is 22.9 Å². The van der Waals surface area contributed by atoms with E-state index in [9.17, 15) is 5.26 Å². The highest BCUT2D eigenvalue weighted by Crippen LogP contribution is 2.50. The molecule has 8 rings (SSSR count). The van der Waals surface area contributed by atoms with Crippen molar-refractivity contribution in [1.29, 1.82) is 5.26 Å². The Morgan fingerprint density at radius 1 is 0.767 bits per heavy atom. The molecule has 43 heavy (non-hydrogen) atoms. The van der Waals surface area contributed by atoms with E-state index in [0.717, 1.165) is 40.0 Å². The van der Waals surface area contributed by atoms with Gasteiger partial charge in [-0.05, 0) is 70.2 Å². The molecule has 5 aromatic carbocycles. The normalized spacial score (nSPS) is 15.4. The fourth-order valence-electron chi connectivity index (χ4n) is 7.22. The Hall–Kier alpha value is -4.78. The van der Waals surface area contributed by atoms with E-state index in [1.54, 1.807) is 0 Å². The Kier molecular flexibility index (Phi) is 5.96. The number of aromatic nitrogens is 1. The van der Waals surface area contributed by atoms with E-state index in [-0.39, 0.29) is 5.41 Å². The maximum Gasteiger partial charge on any atom is 0.0998 e. The number of nitriles is 1. The van der Waals surface area contributed by atoms with Crippen molar-refractivity contribution in [2.24, 2.45) is 0 Å². The summed E-state index contributed by atoms with van der Waals surface area (Å²) in [7, 11) is 0. The number of fused-ring (bicyclic) bond motifs is 7. The van der Waals surface area contributed by atoms with Gasteiger partial charge < -0.3 is 4.57 Å². The quantitative estimate of drug-likeness (QED) is 0.207. The van der Waals surface area contributed by atoms with Crippen LogP contribution in [-0.4, -0.2) is 10.3 Å². The van der Waals surface area contributed by atoms with Crippen LogP contribution in [0.1, 0.15) is 36.1 Å². The molecular weight excluding hydrogens is 541 g/mol. The molecule has 2 nitrogen and oxygen atoms in total. The van der Waals surface area contributed by atoms with E-state index in [0.29, 0.717) is 5.56 Å². The van der Waals surface area contributed by atoms with Crippen molar-refractivity contribution in [2.75, 3.05) is 5.75 Å². The molecule has 2 aliphatic rings. The summed E-state index contributed by atoms with van der Waals surface area (Å²) in [4.78, 5) is 1.28. The number of rotatable bonds is 2. The summed E-state index contributed by atoms with van der Waals surface area (Å²) in [5, 5.41) is 12.8. The molecule has 0 saturated carbocycles. The lowest BCUT2D eigenvalue weighted by molar-refractivity contribution is 0.660. The first-order valence-electron chi connectivity index (χ1n) is 14.8. The monoisotopic (exact) mass is 570 g/mol. The van der Waals surface area contributed by atoms with Gasteiger partial charge in [0.15, 0.2) is 0 Å². The first-order chi connectivity index (χ1) is 21.1. The lowest BCUT2D eigenvalue weighted by Gasteiger charge is -2.22. The van der Waals surface area contributed by atoms with Gasteiger partial charge in [-0.2, -0.15) is 5.26 Å². The van der Waals surface area contributed by atoms with E-state index in [4.69, 9.17) is 0 Å². The van der Waals surface area contributed by atoms with Gasteiger partial charge in [-0.3, -0.25) is 0 Å². The summed E-state index contributed by atoms with van der Waals surface area (Å²) in [5.74, 6) is 0.903. The number of nitrogens with zero attached hydrogens (tertiary/aromatic N) is 2. The van der Waals surface area contributed by atoms with Crippen molar-refractivity contribution in [3.05, 3.63) is 149 Å². The molecular formula is C40H30N2S. The first-order valence-corrected chi connectivity index (χ1v) is 15.8. The molecule has 0 N–H and O–H groups in total. The van der Waals surface area contributed by atoms with Crippen LogP contribution in [0.25, 0.3) is 44.2 Å². The van der Waals surface area contributed by atoms with Gasteiger partial charge >= 0.3 is 0 Å². The van der Waals surface area contributed by atoms with Gasteiger partial charge in [0.2, 0.25) is 0 Å². The predicted molar refractivity (Wildman–Crippen MR) is 181 cm³/mol. The van der Waals surface area contributed by atoms with E-state index >= 15 is 0 Å². The summed E-state index contributed by atoms with van der Waals surface area (Å²) < 4.78 is 2.32. The third-order valence-corrected chi connectivity index (χ3v) is 10.3. The number of hydrogen-bond acceptors (Lipinski definition) is 2. The van der Waals surface area contributed by atoms with E-state index in [1.807, 2.05) is 23.9 Å². The van der Waals surface area contributed by atoms with Gasteiger partial charge in [-0.25, -0.2) is 0 Å². The van der Waals surface area contributed by atoms with Gasteiger partial charge in [0, 0.05) is 32.4 Å². The highest BCUT2D eigenvalue weighted by molar-refractivity contribution is 7.99. The Morgan fingerprint density at radius 2 is 1.49 bits per heavy atom. The fourth-order valence-corrected chi connectivity index (χ4v) is 8.20. The van der Waals surface area contributed by atoms with E-state index < -0.39 is 0 Å². The first kappa shape index (κ1) is 25.9. The van der Waals surface area contributed by atoms with Gasteiger partial charge in [0.05, 0.1) is 28.4 Å². The maximum atomic E-state index is 10.3. The van der Waals surface area contributed by atoms with Crippen LogP contribution in [0.15, 0.2) is 132 Å². The molecule has 0 saturated heterocycles. The summed E-state index contributed by atoms with van der Waals surface area (Å²) in [6, 6.07) is 41.4. The van der Waals surface area contributed by atoms with Crippen LogP contribution in [-0.2, 0) is 11.8 Å². The molecule has 0 unspecified atom stereocenters. The summed E-state index contributed by atoms with van der Waals surface area (Å²) in [5.41, 5.74) is 13.0. The van der Waals surface area contributed by atoms with Crippen molar-refractivity contribution in [1.82, 2.24) is 4.57 Å². The highest BCUT2D eigenvalue weighted by atomic mass is 32.2. The van der Waals surface area contributed by atoms with Crippen LogP contribution in [0.3, 0.4) is 0 Å². The topological polar surface area (TPSA) is 28.7 Å². The fraction of sp³-hybridized carbons (Fsp3) is 0.125. The number of allylic oxidation sites excluding steroid dienone is 3. The molecule has 0 bridgehead atoms. The zero-order valence-electron chi connectivity index (χ0n) is 24.3. The standard InChI is InChI=1S/C40H30N2S/c1-40(2)33-14-6-3-11-29(33)30-21-20-26-18-19-27(24-38(26)43-23-22-34(30)40)39-28(25-41)10-9-17-37(39)42-35-15-7-4-12-31(35)32-13-5-8-16-36(32)42/h3-19,21-22,24H,20,23H2,1-2H3. The second-order valence-electron chi connectivity index (χ2n) is 11.9. The lowest BCUT2D eigenvalue weighted by atomic mass is 9.82. The van der Waals surface area contributed by atoms with Gasteiger partial charge in [-0.15, -0.1) is 11.8 Å². The minimum atomic E-state index is -0.00633. The average molecular weight is 571 g/mol. The molecule has 0 atom stereocenters. The number of thioether (sulfide) groups is 1. The van der Waals surface area contributed by atoms with E-state index in [1.165, 1.54) is 43.5 Å². The van der Waals surface area contributed by atoms with Crippen molar-refractivity contribution >= 4 is 39.1 Å². The largest absolute Gasteiger partial charge is 0.309 e. The highest BCUT2D eigenvalue weighted by Gasteiger charge is 2.37. The van der Waals surface area contributed by atoms with Crippen LogP contribution in [0.4, 0.5) is 0 Å². The van der Waals surface area contributed by atoms with Crippen LogP contribution in [0.5, 0.6) is 0 Å². The maximum absolute atomic E-state index is 10.3. The SMILES string of the molecule is CC1(C)C2=CCSc3cc(-c4c(C#N)cccc4-n4c5ccccc5c5ccccc54)ccc3CC=C2c2ccccc21. The molecule has 2 heterocycles. The third kappa shape index (κ3) is 3.94. The summed E-state index contributed by atoms with van der Waals surface area (Å²) in [6.45, 7) is 4.70. The van der Waals surface area contributed by atoms with Crippen LogP contribution >= 0.6 is 11.8 Å². The molecule has 1 aliphatic heterocycles. The zero-order chi connectivity index (χ0) is 29.1.